The van der Waals surface area contributed by atoms with E-state index < -0.39 is 7.60 Å². The highest BCUT2D eigenvalue weighted by atomic mass is 31.2. The first-order valence-electron chi connectivity index (χ1n) is 10.1. The summed E-state index contributed by atoms with van der Waals surface area (Å²) in [5.74, 6) is 0.876. The van der Waals surface area contributed by atoms with E-state index in [1.807, 2.05) is 24.3 Å². The summed E-state index contributed by atoms with van der Waals surface area (Å²) in [6, 6.07) is 8.00. The molecule has 1 aliphatic heterocycles. The monoisotopic (exact) mass is 399 g/mol. The van der Waals surface area contributed by atoms with Gasteiger partial charge in [0, 0.05) is 19.6 Å². The largest absolute Gasteiger partial charge is 0.494 e. The van der Waals surface area contributed by atoms with Crippen LogP contribution >= 0.6 is 7.60 Å². The van der Waals surface area contributed by atoms with Crippen LogP contribution in [-0.2, 0) is 9.30 Å². The summed E-state index contributed by atoms with van der Waals surface area (Å²) < 4.78 is 22.7. The Morgan fingerprint density at radius 2 is 1.85 bits per heavy atom. The van der Waals surface area contributed by atoms with Crippen molar-refractivity contribution in [3.63, 3.8) is 0 Å². The summed E-state index contributed by atoms with van der Waals surface area (Å²) in [7, 11) is -3.95. The van der Waals surface area contributed by atoms with Crippen LogP contribution in [0.5, 0.6) is 5.75 Å². The Bertz CT molecular complexity index is 574. The molecule has 2 rings (SSSR count). The van der Waals surface area contributed by atoms with E-state index in [1.54, 1.807) is 0 Å². The Morgan fingerprint density at radius 3 is 2.56 bits per heavy atom. The fourth-order valence-corrected chi connectivity index (χ4v) is 3.77. The minimum Gasteiger partial charge on any atom is -0.494 e. The van der Waals surface area contributed by atoms with E-state index in [9.17, 15) is 4.57 Å². The summed E-state index contributed by atoms with van der Waals surface area (Å²) in [5.41, 5.74) is 1.07. The maximum absolute atomic E-state index is 11.1. The van der Waals surface area contributed by atoms with Crippen molar-refractivity contribution in [2.45, 2.75) is 51.6 Å². The van der Waals surface area contributed by atoms with Gasteiger partial charge < -0.3 is 19.3 Å². The Hall–Kier alpha value is -0.910. The van der Waals surface area contributed by atoms with Crippen LogP contribution < -0.4 is 4.74 Å². The molecule has 0 aliphatic carbocycles. The van der Waals surface area contributed by atoms with Crippen molar-refractivity contribution in [1.29, 1.82) is 0 Å². The average Bonchev–Trinajstić information content (AvgIpc) is 2.66. The molecule has 1 aliphatic rings. The third kappa shape index (κ3) is 9.22. The molecule has 154 valence electrons. The minimum absolute atomic E-state index is 0.0665. The minimum atomic E-state index is -3.95. The third-order valence-electron chi connectivity index (χ3n) is 4.88. The Morgan fingerprint density at radius 1 is 1.15 bits per heavy atom. The average molecular weight is 399 g/mol. The molecule has 1 atom stereocenters. The lowest BCUT2D eigenvalue weighted by Crippen LogP contribution is -2.39. The van der Waals surface area contributed by atoms with Crippen molar-refractivity contribution >= 4 is 7.60 Å². The molecular weight excluding hydrogens is 365 g/mol. The fourth-order valence-electron chi connectivity index (χ4n) is 3.23. The van der Waals surface area contributed by atoms with Gasteiger partial charge in [-0.25, -0.2) is 0 Å². The van der Waals surface area contributed by atoms with Crippen molar-refractivity contribution < 1.29 is 23.8 Å². The van der Waals surface area contributed by atoms with Crippen LogP contribution in [0.2, 0.25) is 0 Å². The first kappa shape index (κ1) is 22.4. The summed E-state index contributed by atoms with van der Waals surface area (Å²) >= 11 is 0. The van der Waals surface area contributed by atoms with E-state index >= 15 is 0 Å². The molecule has 0 saturated carbocycles. The van der Waals surface area contributed by atoms with E-state index in [-0.39, 0.29) is 12.3 Å². The van der Waals surface area contributed by atoms with Crippen molar-refractivity contribution in [2.24, 2.45) is 0 Å². The molecule has 1 aromatic rings. The molecule has 1 fully saturated rings. The molecule has 0 spiro atoms. The molecular formula is C20H34NO5P. The van der Waals surface area contributed by atoms with Crippen LogP contribution in [0.4, 0.5) is 0 Å². The number of rotatable bonds is 12. The van der Waals surface area contributed by atoms with Crippen LogP contribution in [0.15, 0.2) is 24.3 Å². The number of nitrogens with zero attached hydrogens (tertiary/aromatic N) is 1. The maximum Gasteiger partial charge on any atom is 0.326 e. The molecule has 0 aromatic heterocycles. The maximum atomic E-state index is 11.1. The molecule has 1 heterocycles. The van der Waals surface area contributed by atoms with E-state index in [0.717, 1.165) is 24.3 Å². The lowest BCUT2D eigenvalue weighted by atomic mass is 10.1. The molecule has 0 radical (unpaired) electrons. The number of hydrogen-bond acceptors (Lipinski definition) is 4. The molecule has 6 nitrogen and oxygen atoms in total. The van der Waals surface area contributed by atoms with Crippen molar-refractivity contribution in [1.82, 2.24) is 4.90 Å². The second kappa shape index (κ2) is 11.8. The van der Waals surface area contributed by atoms with Gasteiger partial charge in [0.2, 0.25) is 0 Å². The van der Waals surface area contributed by atoms with Gasteiger partial charge in [-0.3, -0.25) is 9.46 Å². The first-order valence-corrected chi connectivity index (χ1v) is 11.9. The Labute approximate surface area is 163 Å². The lowest BCUT2D eigenvalue weighted by Gasteiger charge is -2.33. The highest BCUT2D eigenvalue weighted by molar-refractivity contribution is 7.51. The normalized spacial score (nSPS) is 18.6. The van der Waals surface area contributed by atoms with Gasteiger partial charge in [-0.2, -0.15) is 0 Å². The molecule has 1 aromatic carbocycles. The summed E-state index contributed by atoms with van der Waals surface area (Å²) in [5, 5.41) is 0. The molecule has 0 amide bonds. The molecule has 2 N–H and O–H groups in total. The fraction of sp³-hybridized carbons (Fsp3) is 0.700. The molecule has 7 heteroatoms. The van der Waals surface area contributed by atoms with Crippen LogP contribution in [0.1, 0.15) is 57.1 Å². The Kier molecular flexibility index (Phi) is 9.80. The van der Waals surface area contributed by atoms with Crippen LogP contribution in [0, 0.1) is 0 Å². The third-order valence-corrected chi connectivity index (χ3v) is 5.66. The first-order chi connectivity index (χ1) is 13.0. The van der Waals surface area contributed by atoms with Crippen LogP contribution in [0.25, 0.3) is 0 Å². The standard InChI is InChI=1S/C20H34NO5P/c1-2-3-4-5-6-7-14-25-19-10-8-18(9-11-19)20-17-21(12-15-26-20)13-16-27(22,23)24/h8-11,20H,2-7,12-17H2,1H3,(H2,22,23,24). The van der Waals surface area contributed by atoms with E-state index in [4.69, 9.17) is 19.3 Å². The van der Waals surface area contributed by atoms with Crippen molar-refractivity contribution in [3.05, 3.63) is 29.8 Å². The lowest BCUT2D eigenvalue weighted by molar-refractivity contribution is -0.0282. The predicted molar refractivity (Wildman–Crippen MR) is 107 cm³/mol. The topological polar surface area (TPSA) is 79.2 Å². The quantitative estimate of drug-likeness (QED) is 0.409. The number of morpholine rings is 1. The highest BCUT2D eigenvalue weighted by Crippen LogP contribution is 2.34. The number of ether oxygens (including phenoxy) is 2. The predicted octanol–water partition coefficient (Wildman–Crippen LogP) is 3.98. The molecule has 1 unspecified atom stereocenters. The Balaban J connectivity index is 1.71. The number of hydrogen-bond donors (Lipinski definition) is 2. The van der Waals surface area contributed by atoms with Gasteiger partial charge in [0.15, 0.2) is 0 Å². The van der Waals surface area contributed by atoms with Gasteiger partial charge in [-0.1, -0.05) is 51.2 Å². The van der Waals surface area contributed by atoms with Gasteiger partial charge in [0.05, 0.1) is 25.5 Å². The second-order valence-corrected chi connectivity index (χ2v) is 9.01. The van der Waals surface area contributed by atoms with E-state index in [2.05, 4.69) is 11.8 Å². The van der Waals surface area contributed by atoms with Gasteiger partial charge in [-0.15, -0.1) is 0 Å². The zero-order chi connectivity index (χ0) is 19.5. The second-order valence-electron chi connectivity index (χ2n) is 7.23. The summed E-state index contributed by atoms with van der Waals surface area (Å²) in [4.78, 5) is 20.1. The van der Waals surface area contributed by atoms with Crippen LogP contribution in [0.3, 0.4) is 0 Å². The number of benzene rings is 1. The van der Waals surface area contributed by atoms with Gasteiger partial charge in [-0.05, 0) is 24.1 Å². The van der Waals surface area contributed by atoms with Crippen molar-refractivity contribution in [2.75, 3.05) is 39.0 Å². The molecule has 1 saturated heterocycles. The van der Waals surface area contributed by atoms with E-state index in [1.165, 1.54) is 32.1 Å². The van der Waals surface area contributed by atoms with E-state index in [0.29, 0.717) is 26.2 Å². The zero-order valence-electron chi connectivity index (χ0n) is 16.4. The van der Waals surface area contributed by atoms with Crippen LogP contribution in [-0.4, -0.2) is 53.7 Å². The van der Waals surface area contributed by atoms with Gasteiger partial charge in [0.25, 0.3) is 0 Å². The summed E-state index contributed by atoms with van der Waals surface area (Å²) in [6.45, 7) is 5.30. The van der Waals surface area contributed by atoms with Gasteiger partial charge >= 0.3 is 7.60 Å². The zero-order valence-corrected chi connectivity index (χ0v) is 17.3. The smallest absolute Gasteiger partial charge is 0.326 e. The van der Waals surface area contributed by atoms with Gasteiger partial charge in [0.1, 0.15) is 5.75 Å². The van der Waals surface area contributed by atoms with Crippen molar-refractivity contribution in [3.8, 4) is 5.75 Å². The SMILES string of the molecule is CCCCCCCCOc1ccc(C2CN(CCP(=O)(O)O)CCO2)cc1. The molecule has 27 heavy (non-hydrogen) atoms. The highest BCUT2D eigenvalue weighted by Gasteiger charge is 2.24. The number of unbranched alkanes of at least 4 members (excludes halogenated alkanes) is 5. The summed E-state index contributed by atoms with van der Waals surface area (Å²) in [6.07, 6.45) is 7.33. The molecule has 0 bridgehead atoms.